The van der Waals surface area contributed by atoms with Crippen molar-refractivity contribution in [2.75, 3.05) is 0 Å². The fraction of sp³-hybridized carbons (Fsp3) is 0.0714. The van der Waals surface area contributed by atoms with Crippen molar-refractivity contribution < 1.29 is 13.5 Å². The van der Waals surface area contributed by atoms with Gasteiger partial charge in [-0.05, 0) is 29.8 Å². The van der Waals surface area contributed by atoms with E-state index in [0.29, 0.717) is 5.56 Å². The third kappa shape index (κ3) is 3.20. The van der Waals surface area contributed by atoms with Crippen LogP contribution < -0.4 is 0 Å². The zero-order valence-electron chi connectivity index (χ0n) is 11.8. The molecule has 23 heavy (non-hydrogen) atoms. The van der Waals surface area contributed by atoms with Gasteiger partial charge in [-0.25, -0.2) is 12.4 Å². The maximum Gasteiger partial charge on any atom is 0.267 e. The lowest BCUT2D eigenvalue weighted by molar-refractivity contribution is 0.219. The van der Waals surface area contributed by atoms with Crippen molar-refractivity contribution in [1.29, 1.82) is 0 Å². The molecule has 2 N–H and O–H groups in total. The molecule has 2 aromatic heterocycles. The predicted molar refractivity (Wildman–Crippen MR) is 81.6 cm³/mol. The topological polar surface area (TPSA) is 114 Å². The molecule has 0 saturated heterocycles. The molecule has 0 aliphatic rings. The maximum atomic E-state index is 12.4. The molecule has 0 spiro atoms. The standard InChI is InChI=1S/C14H13N5O3S/c20-13(14-15-17-18-16-14)7-6-11-8-9-19(10-11)23(21,22)12-4-2-1-3-5-12/h1-10,13,20H,(H,15,16,17,18). The van der Waals surface area contributed by atoms with Crippen molar-refractivity contribution in [3.8, 4) is 0 Å². The van der Waals surface area contributed by atoms with E-state index in [4.69, 9.17) is 0 Å². The summed E-state index contributed by atoms with van der Waals surface area (Å²) in [6.45, 7) is 0. The summed E-state index contributed by atoms with van der Waals surface area (Å²) >= 11 is 0. The van der Waals surface area contributed by atoms with Gasteiger partial charge in [-0.1, -0.05) is 29.5 Å². The van der Waals surface area contributed by atoms with Gasteiger partial charge in [0.2, 0.25) is 5.82 Å². The first-order valence-electron chi connectivity index (χ1n) is 6.65. The van der Waals surface area contributed by atoms with Gasteiger partial charge in [0.1, 0.15) is 6.10 Å². The smallest absolute Gasteiger partial charge is 0.267 e. The predicted octanol–water partition coefficient (Wildman–Crippen LogP) is 0.985. The van der Waals surface area contributed by atoms with Crippen molar-refractivity contribution >= 4 is 16.1 Å². The van der Waals surface area contributed by atoms with Gasteiger partial charge in [0.05, 0.1) is 4.90 Å². The zero-order chi connectivity index (χ0) is 16.3. The molecule has 0 aliphatic heterocycles. The lowest BCUT2D eigenvalue weighted by Crippen LogP contribution is -2.10. The summed E-state index contributed by atoms with van der Waals surface area (Å²) in [6.07, 6.45) is 4.91. The highest BCUT2D eigenvalue weighted by Crippen LogP contribution is 2.16. The molecule has 0 aliphatic carbocycles. The SMILES string of the molecule is O=S(=O)(c1ccccc1)n1ccc(C=CC(O)c2nn[nH]n2)c1. The highest BCUT2D eigenvalue weighted by atomic mass is 32.2. The van der Waals surface area contributed by atoms with Gasteiger partial charge in [0.15, 0.2) is 0 Å². The third-order valence-electron chi connectivity index (χ3n) is 3.11. The van der Waals surface area contributed by atoms with Crippen LogP contribution in [0.4, 0.5) is 0 Å². The van der Waals surface area contributed by atoms with Crippen molar-refractivity contribution in [3.63, 3.8) is 0 Å². The normalized spacial score (nSPS) is 13.4. The van der Waals surface area contributed by atoms with E-state index in [1.807, 2.05) is 0 Å². The average Bonchev–Trinajstić information content (AvgIpc) is 3.25. The summed E-state index contributed by atoms with van der Waals surface area (Å²) in [5.74, 6) is 0.137. The quantitative estimate of drug-likeness (QED) is 0.720. The Balaban J connectivity index is 1.81. The number of aliphatic hydroxyl groups excluding tert-OH is 1. The number of tetrazole rings is 1. The highest BCUT2D eigenvalue weighted by Gasteiger charge is 2.15. The Morgan fingerprint density at radius 3 is 2.70 bits per heavy atom. The number of rotatable bonds is 5. The Labute approximate surface area is 132 Å². The summed E-state index contributed by atoms with van der Waals surface area (Å²) in [5.41, 5.74) is 0.618. The van der Waals surface area contributed by atoms with Gasteiger partial charge >= 0.3 is 0 Å². The lowest BCUT2D eigenvalue weighted by Gasteiger charge is -2.04. The second-order valence-corrected chi connectivity index (χ2v) is 6.51. The number of nitrogens with zero attached hydrogens (tertiary/aromatic N) is 4. The van der Waals surface area contributed by atoms with E-state index >= 15 is 0 Å². The van der Waals surface area contributed by atoms with E-state index in [-0.39, 0.29) is 10.7 Å². The summed E-state index contributed by atoms with van der Waals surface area (Å²) in [6, 6.07) is 9.77. The molecule has 8 nitrogen and oxygen atoms in total. The number of H-pyrrole nitrogens is 1. The minimum Gasteiger partial charge on any atom is -0.381 e. The molecule has 0 fully saturated rings. The molecule has 9 heteroatoms. The Kier molecular flexibility index (Phi) is 4.04. The number of hydrogen-bond donors (Lipinski definition) is 2. The van der Waals surface area contributed by atoms with Crippen LogP contribution in [0.2, 0.25) is 0 Å². The molecule has 3 aromatic rings. The van der Waals surface area contributed by atoms with Crippen molar-refractivity contribution in [3.05, 3.63) is 66.3 Å². The first kappa shape index (κ1) is 15.1. The van der Waals surface area contributed by atoms with Crippen LogP contribution >= 0.6 is 0 Å². The Bertz CT molecular complexity index is 901. The van der Waals surface area contributed by atoms with Crippen molar-refractivity contribution in [1.82, 2.24) is 24.6 Å². The van der Waals surface area contributed by atoms with Crippen LogP contribution in [0.25, 0.3) is 6.08 Å². The van der Waals surface area contributed by atoms with Gasteiger partial charge in [-0.3, -0.25) is 0 Å². The molecule has 1 atom stereocenters. The van der Waals surface area contributed by atoms with Crippen LogP contribution in [0.1, 0.15) is 17.5 Å². The van der Waals surface area contributed by atoms with Gasteiger partial charge in [-0.2, -0.15) is 5.21 Å². The molecule has 0 bridgehead atoms. The van der Waals surface area contributed by atoms with Crippen molar-refractivity contribution in [2.24, 2.45) is 0 Å². The summed E-state index contributed by atoms with van der Waals surface area (Å²) in [5, 5.41) is 22.7. The summed E-state index contributed by atoms with van der Waals surface area (Å²) < 4.78 is 26.0. The second-order valence-electron chi connectivity index (χ2n) is 4.67. The highest BCUT2D eigenvalue weighted by molar-refractivity contribution is 7.90. The molecular formula is C14H13N5O3S. The third-order valence-corrected chi connectivity index (χ3v) is 4.76. The lowest BCUT2D eigenvalue weighted by atomic mass is 10.2. The van der Waals surface area contributed by atoms with Crippen LogP contribution in [-0.4, -0.2) is 38.1 Å². The van der Waals surface area contributed by atoms with E-state index in [0.717, 1.165) is 3.97 Å². The van der Waals surface area contributed by atoms with E-state index in [9.17, 15) is 13.5 Å². The molecule has 1 unspecified atom stereocenters. The number of hydrogen-bond acceptors (Lipinski definition) is 6. The monoisotopic (exact) mass is 331 g/mol. The molecule has 1 aromatic carbocycles. The molecule has 118 valence electrons. The Morgan fingerprint density at radius 2 is 2.00 bits per heavy atom. The van der Waals surface area contributed by atoms with Gasteiger partial charge in [-0.15, -0.1) is 10.2 Å². The first-order valence-corrected chi connectivity index (χ1v) is 8.09. The zero-order valence-corrected chi connectivity index (χ0v) is 12.6. The van der Waals surface area contributed by atoms with E-state index in [1.165, 1.54) is 30.6 Å². The van der Waals surface area contributed by atoms with Gasteiger partial charge in [0, 0.05) is 12.4 Å². The maximum absolute atomic E-state index is 12.4. The minimum atomic E-state index is -3.62. The molecule has 0 radical (unpaired) electrons. The largest absolute Gasteiger partial charge is 0.381 e. The molecule has 0 amide bonds. The Morgan fingerprint density at radius 1 is 1.22 bits per heavy atom. The van der Waals surface area contributed by atoms with Crippen LogP contribution in [0.15, 0.2) is 59.8 Å². The number of aromatic nitrogens is 5. The van der Waals surface area contributed by atoms with Gasteiger partial charge in [0.25, 0.3) is 10.0 Å². The van der Waals surface area contributed by atoms with Crippen LogP contribution in [-0.2, 0) is 10.0 Å². The van der Waals surface area contributed by atoms with E-state index in [1.54, 1.807) is 30.3 Å². The Hall–Kier alpha value is -2.78. The number of aliphatic hydroxyl groups is 1. The van der Waals surface area contributed by atoms with E-state index < -0.39 is 16.1 Å². The van der Waals surface area contributed by atoms with E-state index in [2.05, 4.69) is 20.6 Å². The van der Waals surface area contributed by atoms with Crippen LogP contribution in [0.5, 0.6) is 0 Å². The number of nitrogens with one attached hydrogen (secondary N) is 1. The second kappa shape index (κ2) is 6.15. The van der Waals surface area contributed by atoms with Crippen molar-refractivity contribution in [2.45, 2.75) is 11.0 Å². The van der Waals surface area contributed by atoms with Crippen LogP contribution in [0.3, 0.4) is 0 Å². The fourth-order valence-electron chi connectivity index (χ4n) is 1.94. The minimum absolute atomic E-state index is 0.137. The number of benzene rings is 1. The molecule has 0 saturated carbocycles. The summed E-state index contributed by atoms with van der Waals surface area (Å²) in [4.78, 5) is 0.206. The molecule has 2 heterocycles. The summed E-state index contributed by atoms with van der Waals surface area (Å²) in [7, 11) is -3.62. The number of aromatic amines is 1. The fourth-order valence-corrected chi connectivity index (χ4v) is 3.16. The molecule has 3 rings (SSSR count). The first-order chi connectivity index (χ1) is 11.1. The van der Waals surface area contributed by atoms with Crippen LogP contribution in [0, 0.1) is 0 Å². The molecular weight excluding hydrogens is 318 g/mol. The van der Waals surface area contributed by atoms with Gasteiger partial charge < -0.3 is 5.11 Å². The average molecular weight is 331 g/mol.